The fourth-order valence-corrected chi connectivity index (χ4v) is 1.61. The second-order valence-electron chi connectivity index (χ2n) is 3.22. The molecule has 76 valence electrons. The Balaban J connectivity index is 2.27. The Morgan fingerprint density at radius 1 is 1.21 bits per heavy atom. The van der Waals surface area contributed by atoms with Crippen molar-refractivity contribution in [1.29, 1.82) is 0 Å². The Kier molecular flexibility index (Phi) is 2.82. The minimum atomic E-state index is -0.709. The highest BCUT2D eigenvalue weighted by atomic mass is 16.7. The zero-order chi connectivity index (χ0) is 9.86. The lowest BCUT2D eigenvalue weighted by molar-refractivity contribution is -0.291. The molecule has 3 heteroatoms. The van der Waals surface area contributed by atoms with E-state index in [2.05, 4.69) is 0 Å². The molecule has 1 fully saturated rings. The molecule has 0 saturated carbocycles. The van der Waals surface area contributed by atoms with Gasteiger partial charge in [0.05, 0.1) is 13.2 Å². The van der Waals surface area contributed by atoms with Gasteiger partial charge in [0.2, 0.25) is 5.79 Å². The van der Waals surface area contributed by atoms with Crippen molar-refractivity contribution in [2.45, 2.75) is 5.79 Å². The minimum absolute atomic E-state index is 0.452. The number of methoxy groups -OCH3 is 1. The van der Waals surface area contributed by atoms with Gasteiger partial charge in [0, 0.05) is 12.7 Å². The van der Waals surface area contributed by atoms with E-state index in [4.69, 9.17) is 14.2 Å². The van der Waals surface area contributed by atoms with Crippen molar-refractivity contribution in [1.82, 2.24) is 0 Å². The molecule has 0 bridgehead atoms. The van der Waals surface area contributed by atoms with E-state index in [-0.39, 0.29) is 0 Å². The largest absolute Gasteiger partial charge is 0.373 e. The van der Waals surface area contributed by atoms with Crippen molar-refractivity contribution in [3.63, 3.8) is 0 Å². The van der Waals surface area contributed by atoms with Crippen LogP contribution in [0.1, 0.15) is 5.56 Å². The molecule has 1 aromatic carbocycles. The molecule has 1 aliphatic rings. The Morgan fingerprint density at radius 2 is 2.00 bits per heavy atom. The first-order chi connectivity index (χ1) is 6.87. The van der Waals surface area contributed by atoms with Crippen LogP contribution in [0.3, 0.4) is 0 Å². The lowest BCUT2D eigenvalue weighted by atomic mass is 10.1. The van der Waals surface area contributed by atoms with Crippen molar-refractivity contribution in [2.24, 2.45) is 0 Å². The van der Waals surface area contributed by atoms with Gasteiger partial charge in [-0.25, -0.2) is 0 Å². The van der Waals surface area contributed by atoms with E-state index in [1.807, 2.05) is 30.3 Å². The van der Waals surface area contributed by atoms with Crippen LogP contribution in [-0.4, -0.2) is 26.9 Å². The molecule has 0 aliphatic carbocycles. The predicted molar refractivity (Wildman–Crippen MR) is 51.9 cm³/mol. The number of ether oxygens (including phenoxy) is 3. The van der Waals surface area contributed by atoms with Crippen LogP contribution < -0.4 is 0 Å². The summed E-state index contributed by atoms with van der Waals surface area (Å²) in [4.78, 5) is 0. The smallest absolute Gasteiger partial charge is 0.218 e. The zero-order valence-electron chi connectivity index (χ0n) is 8.23. The van der Waals surface area contributed by atoms with Gasteiger partial charge < -0.3 is 14.2 Å². The quantitative estimate of drug-likeness (QED) is 0.714. The molecule has 1 atom stereocenters. The first-order valence-corrected chi connectivity index (χ1v) is 4.70. The molecule has 1 saturated heterocycles. The Labute approximate surface area is 83.6 Å². The van der Waals surface area contributed by atoms with Crippen LogP contribution in [0.4, 0.5) is 0 Å². The highest BCUT2D eigenvalue weighted by Gasteiger charge is 2.35. The zero-order valence-corrected chi connectivity index (χ0v) is 8.23. The molecule has 0 radical (unpaired) electrons. The summed E-state index contributed by atoms with van der Waals surface area (Å²) in [7, 11) is 1.64. The molecule has 0 spiro atoms. The molecule has 0 amide bonds. The first-order valence-electron chi connectivity index (χ1n) is 4.70. The number of hydrogen-bond acceptors (Lipinski definition) is 3. The molecule has 1 heterocycles. The van der Waals surface area contributed by atoms with E-state index in [1.54, 1.807) is 7.11 Å². The summed E-state index contributed by atoms with van der Waals surface area (Å²) in [5, 5.41) is 0. The van der Waals surface area contributed by atoms with Crippen LogP contribution in [0.25, 0.3) is 0 Å². The van der Waals surface area contributed by atoms with Crippen molar-refractivity contribution >= 4 is 0 Å². The third-order valence-corrected chi connectivity index (χ3v) is 2.40. The van der Waals surface area contributed by atoms with Crippen LogP contribution in [-0.2, 0) is 20.0 Å². The first kappa shape index (κ1) is 9.65. The molecule has 1 aromatic rings. The van der Waals surface area contributed by atoms with Crippen LogP contribution in [0.5, 0.6) is 0 Å². The maximum atomic E-state index is 5.65. The second kappa shape index (κ2) is 4.09. The van der Waals surface area contributed by atoms with E-state index >= 15 is 0 Å². The van der Waals surface area contributed by atoms with Gasteiger partial charge in [-0.05, 0) is 0 Å². The number of hydrogen-bond donors (Lipinski definition) is 0. The van der Waals surface area contributed by atoms with E-state index in [9.17, 15) is 0 Å². The lowest BCUT2D eigenvalue weighted by Crippen LogP contribution is -2.42. The second-order valence-corrected chi connectivity index (χ2v) is 3.22. The van der Waals surface area contributed by atoms with Crippen molar-refractivity contribution in [3.8, 4) is 0 Å². The molecule has 0 aromatic heterocycles. The summed E-state index contributed by atoms with van der Waals surface area (Å²) in [5.41, 5.74) is 1.00. The fraction of sp³-hybridized carbons (Fsp3) is 0.455. The molecular weight excluding hydrogens is 180 g/mol. The summed E-state index contributed by atoms with van der Waals surface area (Å²) < 4.78 is 16.5. The molecule has 1 aliphatic heterocycles. The highest BCUT2D eigenvalue weighted by molar-refractivity contribution is 5.20. The summed E-state index contributed by atoms with van der Waals surface area (Å²) in [6.07, 6.45) is 0. The van der Waals surface area contributed by atoms with Gasteiger partial charge in [-0.3, -0.25) is 0 Å². The average molecular weight is 194 g/mol. The molecule has 1 unspecified atom stereocenters. The monoisotopic (exact) mass is 194 g/mol. The van der Waals surface area contributed by atoms with Gasteiger partial charge in [-0.15, -0.1) is 0 Å². The highest BCUT2D eigenvalue weighted by Crippen LogP contribution is 2.29. The van der Waals surface area contributed by atoms with Crippen LogP contribution in [0.15, 0.2) is 30.3 Å². The molecule has 14 heavy (non-hydrogen) atoms. The van der Waals surface area contributed by atoms with Gasteiger partial charge in [0.15, 0.2) is 0 Å². The summed E-state index contributed by atoms with van der Waals surface area (Å²) >= 11 is 0. The molecule has 3 nitrogen and oxygen atoms in total. The van der Waals surface area contributed by atoms with Gasteiger partial charge >= 0.3 is 0 Å². The van der Waals surface area contributed by atoms with E-state index in [0.717, 1.165) is 5.56 Å². The maximum Gasteiger partial charge on any atom is 0.218 e. The minimum Gasteiger partial charge on any atom is -0.373 e. The Morgan fingerprint density at radius 3 is 2.57 bits per heavy atom. The molecule has 0 N–H and O–H groups in total. The summed E-state index contributed by atoms with van der Waals surface area (Å²) in [5.74, 6) is -0.709. The normalized spacial score (nSPS) is 27.5. The topological polar surface area (TPSA) is 27.7 Å². The van der Waals surface area contributed by atoms with Crippen LogP contribution in [0.2, 0.25) is 0 Å². The summed E-state index contributed by atoms with van der Waals surface area (Å²) in [6.45, 7) is 1.66. The van der Waals surface area contributed by atoms with Gasteiger partial charge in [-0.2, -0.15) is 0 Å². The van der Waals surface area contributed by atoms with Crippen molar-refractivity contribution < 1.29 is 14.2 Å². The molecule has 2 rings (SSSR count). The average Bonchev–Trinajstić information content (AvgIpc) is 2.31. The van der Waals surface area contributed by atoms with E-state index in [1.165, 1.54) is 0 Å². The Bertz CT molecular complexity index is 278. The van der Waals surface area contributed by atoms with E-state index < -0.39 is 5.79 Å². The fourth-order valence-electron chi connectivity index (χ4n) is 1.61. The third-order valence-electron chi connectivity index (χ3n) is 2.40. The van der Waals surface area contributed by atoms with Crippen molar-refractivity contribution in [2.75, 3.05) is 26.9 Å². The van der Waals surface area contributed by atoms with Crippen LogP contribution >= 0.6 is 0 Å². The predicted octanol–water partition coefficient (Wildman–Crippen LogP) is 1.53. The molecular formula is C11H14O3. The van der Waals surface area contributed by atoms with Gasteiger partial charge in [0.1, 0.15) is 6.61 Å². The summed E-state index contributed by atoms with van der Waals surface area (Å²) in [6, 6.07) is 9.87. The Hall–Kier alpha value is -0.900. The lowest BCUT2D eigenvalue weighted by Gasteiger charge is -2.35. The SMILES string of the molecule is COC1(c2ccccc2)COCCO1. The number of benzene rings is 1. The maximum absolute atomic E-state index is 5.65. The number of rotatable bonds is 2. The third kappa shape index (κ3) is 1.66. The van der Waals surface area contributed by atoms with Crippen LogP contribution in [0, 0.1) is 0 Å². The standard InChI is InChI=1S/C11H14O3/c1-12-11(9-13-7-8-14-11)10-5-3-2-4-6-10/h2-6H,7-9H2,1H3. The van der Waals surface area contributed by atoms with Gasteiger partial charge in [0.25, 0.3) is 0 Å². The van der Waals surface area contributed by atoms with E-state index in [0.29, 0.717) is 19.8 Å². The van der Waals surface area contributed by atoms with Gasteiger partial charge in [-0.1, -0.05) is 30.3 Å². The van der Waals surface area contributed by atoms with Crippen molar-refractivity contribution in [3.05, 3.63) is 35.9 Å².